The summed E-state index contributed by atoms with van der Waals surface area (Å²) >= 11 is 6.34. The van der Waals surface area contributed by atoms with Crippen molar-refractivity contribution in [3.05, 3.63) is 16.5 Å². The summed E-state index contributed by atoms with van der Waals surface area (Å²) in [6.45, 7) is 15.1. The van der Waals surface area contributed by atoms with E-state index in [2.05, 4.69) is 44.5 Å². The molecule has 2 rings (SSSR count). The van der Waals surface area contributed by atoms with Crippen molar-refractivity contribution in [2.24, 2.45) is 11.8 Å². The molecule has 0 radical (unpaired) electrons. The number of piperidine rings is 1. The molecule has 1 aromatic heterocycles. The number of rotatable bonds is 1. The Morgan fingerprint density at radius 3 is 2.15 bits per heavy atom. The van der Waals surface area contributed by atoms with Gasteiger partial charge in [0.15, 0.2) is 0 Å². The fourth-order valence-electron chi connectivity index (χ4n) is 2.96. The molecule has 1 saturated heterocycles. The van der Waals surface area contributed by atoms with Crippen molar-refractivity contribution in [2.75, 3.05) is 18.0 Å². The Hall–Kier alpha value is -0.830. The van der Waals surface area contributed by atoms with Crippen LogP contribution in [0.1, 0.15) is 52.4 Å². The van der Waals surface area contributed by atoms with Crippen molar-refractivity contribution in [1.82, 2.24) is 9.97 Å². The van der Waals surface area contributed by atoms with Crippen LogP contribution in [0.4, 0.5) is 5.82 Å². The first-order valence-corrected chi connectivity index (χ1v) is 7.86. The van der Waals surface area contributed by atoms with E-state index in [0.29, 0.717) is 17.0 Å². The Morgan fingerprint density at radius 2 is 1.65 bits per heavy atom. The Bertz CT molecular complexity index is 483. The SMILES string of the molecule is Cc1c(Cl)nc(C(C)(C)C)nc1N1CC(C)CC(C)C1. The van der Waals surface area contributed by atoms with Gasteiger partial charge in [-0.1, -0.05) is 46.2 Å². The lowest BCUT2D eigenvalue weighted by Crippen LogP contribution is -2.40. The fraction of sp³-hybridized carbons (Fsp3) is 0.750. The highest BCUT2D eigenvalue weighted by atomic mass is 35.5. The van der Waals surface area contributed by atoms with Crippen LogP contribution in [0.3, 0.4) is 0 Å². The molecule has 2 heterocycles. The van der Waals surface area contributed by atoms with Gasteiger partial charge in [-0.3, -0.25) is 0 Å². The van der Waals surface area contributed by atoms with Gasteiger partial charge in [0.25, 0.3) is 0 Å². The summed E-state index contributed by atoms with van der Waals surface area (Å²) in [4.78, 5) is 11.7. The Balaban J connectivity index is 2.42. The number of halogens is 1. The maximum atomic E-state index is 6.34. The fourth-order valence-corrected chi connectivity index (χ4v) is 3.12. The van der Waals surface area contributed by atoms with E-state index in [1.807, 2.05) is 6.92 Å². The van der Waals surface area contributed by atoms with Crippen LogP contribution in [-0.2, 0) is 5.41 Å². The number of hydrogen-bond donors (Lipinski definition) is 0. The number of anilines is 1. The average Bonchev–Trinajstić information content (AvgIpc) is 2.29. The average molecular weight is 296 g/mol. The molecule has 4 heteroatoms. The molecule has 1 fully saturated rings. The summed E-state index contributed by atoms with van der Waals surface area (Å²) in [6.07, 6.45) is 1.29. The minimum absolute atomic E-state index is 0.0842. The molecule has 2 atom stereocenters. The van der Waals surface area contributed by atoms with E-state index >= 15 is 0 Å². The quantitative estimate of drug-likeness (QED) is 0.727. The van der Waals surface area contributed by atoms with Gasteiger partial charge >= 0.3 is 0 Å². The molecule has 2 unspecified atom stereocenters. The summed E-state index contributed by atoms with van der Waals surface area (Å²) < 4.78 is 0. The molecule has 0 N–H and O–H groups in total. The minimum atomic E-state index is -0.0842. The van der Waals surface area contributed by atoms with Crippen molar-refractivity contribution in [1.29, 1.82) is 0 Å². The summed E-state index contributed by atoms with van der Waals surface area (Å²) in [5.74, 6) is 3.25. The summed E-state index contributed by atoms with van der Waals surface area (Å²) in [5.41, 5.74) is 0.917. The predicted molar refractivity (Wildman–Crippen MR) is 85.6 cm³/mol. The number of aromatic nitrogens is 2. The van der Waals surface area contributed by atoms with Crippen molar-refractivity contribution in [3.8, 4) is 0 Å². The largest absolute Gasteiger partial charge is 0.356 e. The topological polar surface area (TPSA) is 29.0 Å². The van der Waals surface area contributed by atoms with E-state index in [9.17, 15) is 0 Å². The molecule has 0 saturated carbocycles. The zero-order chi connectivity index (χ0) is 15.1. The molecule has 3 nitrogen and oxygen atoms in total. The highest BCUT2D eigenvalue weighted by Crippen LogP contribution is 2.31. The van der Waals surface area contributed by atoms with Crippen LogP contribution in [0.25, 0.3) is 0 Å². The van der Waals surface area contributed by atoms with E-state index in [1.165, 1.54) is 6.42 Å². The van der Waals surface area contributed by atoms with Crippen molar-refractivity contribution in [3.63, 3.8) is 0 Å². The van der Waals surface area contributed by atoms with E-state index in [4.69, 9.17) is 16.6 Å². The Kier molecular flexibility index (Phi) is 4.29. The van der Waals surface area contributed by atoms with E-state index in [1.54, 1.807) is 0 Å². The first kappa shape index (κ1) is 15.6. The molecule has 0 bridgehead atoms. The molecule has 1 aromatic rings. The smallest absolute Gasteiger partial charge is 0.137 e. The highest BCUT2D eigenvalue weighted by molar-refractivity contribution is 6.30. The second-order valence-electron chi connectivity index (χ2n) is 7.39. The van der Waals surface area contributed by atoms with Gasteiger partial charge in [-0.05, 0) is 25.2 Å². The van der Waals surface area contributed by atoms with Crippen LogP contribution in [0, 0.1) is 18.8 Å². The third kappa shape index (κ3) is 3.25. The third-order valence-corrected chi connectivity index (χ3v) is 4.27. The van der Waals surface area contributed by atoms with Gasteiger partial charge in [0.2, 0.25) is 0 Å². The molecule has 0 aromatic carbocycles. The Morgan fingerprint density at radius 1 is 1.10 bits per heavy atom. The lowest BCUT2D eigenvalue weighted by atomic mass is 9.91. The van der Waals surface area contributed by atoms with Gasteiger partial charge in [-0.25, -0.2) is 9.97 Å². The number of hydrogen-bond acceptors (Lipinski definition) is 3. The van der Waals surface area contributed by atoms with Crippen LogP contribution < -0.4 is 4.90 Å². The van der Waals surface area contributed by atoms with Crippen LogP contribution >= 0.6 is 11.6 Å². The van der Waals surface area contributed by atoms with Crippen LogP contribution in [0.2, 0.25) is 5.15 Å². The molecule has 20 heavy (non-hydrogen) atoms. The summed E-state index contributed by atoms with van der Waals surface area (Å²) in [5, 5.41) is 0.589. The minimum Gasteiger partial charge on any atom is -0.356 e. The van der Waals surface area contributed by atoms with Crippen LogP contribution in [0.15, 0.2) is 0 Å². The van der Waals surface area contributed by atoms with E-state index in [-0.39, 0.29) is 5.41 Å². The first-order valence-electron chi connectivity index (χ1n) is 7.48. The molecular weight excluding hydrogens is 270 g/mol. The molecule has 1 aliphatic rings. The van der Waals surface area contributed by atoms with Gasteiger partial charge in [0.05, 0.1) is 0 Å². The molecule has 0 spiro atoms. The standard InChI is InChI=1S/C16H26ClN3/c1-10-7-11(2)9-20(8-10)14-12(3)13(17)18-15(19-14)16(4,5)6/h10-11H,7-9H2,1-6H3. The van der Waals surface area contributed by atoms with Crippen molar-refractivity contribution >= 4 is 17.4 Å². The molecular formula is C16H26ClN3. The van der Waals surface area contributed by atoms with Gasteiger partial charge in [0.1, 0.15) is 16.8 Å². The second kappa shape index (κ2) is 5.51. The maximum Gasteiger partial charge on any atom is 0.137 e. The predicted octanol–water partition coefficient (Wildman–Crippen LogP) is 4.22. The first-order chi connectivity index (χ1) is 9.18. The zero-order valence-corrected chi connectivity index (χ0v) is 14.3. The van der Waals surface area contributed by atoms with Gasteiger partial charge in [0, 0.05) is 24.1 Å². The summed E-state index contributed by atoms with van der Waals surface area (Å²) in [7, 11) is 0. The molecule has 1 aliphatic heterocycles. The third-order valence-electron chi connectivity index (χ3n) is 3.90. The second-order valence-corrected chi connectivity index (χ2v) is 7.75. The normalized spacial score (nSPS) is 24.1. The maximum absolute atomic E-state index is 6.34. The van der Waals surface area contributed by atoms with Gasteiger partial charge in [-0.15, -0.1) is 0 Å². The van der Waals surface area contributed by atoms with Crippen molar-refractivity contribution < 1.29 is 0 Å². The Labute approximate surface area is 127 Å². The van der Waals surface area contributed by atoms with E-state index in [0.717, 1.165) is 30.3 Å². The van der Waals surface area contributed by atoms with Crippen LogP contribution in [0.5, 0.6) is 0 Å². The van der Waals surface area contributed by atoms with Crippen molar-refractivity contribution in [2.45, 2.75) is 53.4 Å². The molecule has 112 valence electrons. The monoisotopic (exact) mass is 295 g/mol. The van der Waals surface area contributed by atoms with Gasteiger partial charge in [-0.2, -0.15) is 0 Å². The lowest BCUT2D eigenvalue weighted by Gasteiger charge is -2.37. The zero-order valence-electron chi connectivity index (χ0n) is 13.5. The lowest BCUT2D eigenvalue weighted by molar-refractivity contribution is 0.354. The van der Waals surface area contributed by atoms with E-state index < -0.39 is 0 Å². The molecule has 0 amide bonds. The summed E-state index contributed by atoms with van der Waals surface area (Å²) in [6, 6.07) is 0. The highest BCUT2D eigenvalue weighted by Gasteiger charge is 2.27. The van der Waals surface area contributed by atoms with Gasteiger partial charge < -0.3 is 4.90 Å². The number of nitrogens with zero attached hydrogens (tertiary/aromatic N) is 3. The van der Waals surface area contributed by atoms with Crippen LogP contribution in [-0.4, -0.2) is 23.1 Å². The molecule has 0 aliphatic carbocycles.